The van der Waals surface area contributed by atoms with Gasteiger partial charge in [-0.25, -0.2) is 0 Å². The normalized spacial score (nSPS) is 20.5. The van der Waals surface area contributed by atoms with Crippen LogP contribution in [-0.2, 0) is 5.41 Å². The van der Waals surface area contributed by atoms with Crippen molar-refractivity contribution in [3.05, 3.63) is 175 Å². The second-order valence-corrected chi connectivity index (χ2v) is 13.1. The first-order valence-electron chi connectivity index (χ1n) is 16.4. The van der Waals surface area contributed by atoms with E-state index >= 15 is 0 Å². The van der Waals surface area contributed by atoms with Crippen molar-refractivity contribution >= 4 is 38.5 Å². The van der Waals surface area contributed by atoms with Crippen molar-refractivity contribution in [3.63, 3.8) is 0 Å². The Bertz CT molecular complexity index is 2440. The summed E-state index contributed by atoms with van der Waals surface area (Å²) in [4.78, 5) is 11.8. The van der Waals surface area contributed by atoms with Crippen LogP contribution in [0.3, 0.4) is 0 Å². The van der Waals surface area contributed by atoms with Crippen LogP contribution in [0.2, 0.25) is 0 Å². The van der Waals surface area contributed by atoms with Crippen LogP contribution in [0, 0.1) is 12.8 Å². The zero-order chi connectivity index (χ0) is 31.1. The Morgan fingerprint density at radius 1 is 0.681 bits per heavy atom. The zero-order valence-corrected chi connectivity index (χ0v) is 26.0. The van der Waals surface area contributed by atoms with E-state index in [9.17, 15) is 0 Å². The Balaban J connectivity index is 1.05. The van der Waals surface area contributed by atoms with Gasteiger partial charge in [0.1, 0.15) is 0 Å². The monoisotopic (exact) mass is 601 g/mol. The van der Waals surface area contributed by atoms with Gasteiger partial charge in [-0.15, -0.1) is 0 Å². The minimum absolute atomic E-state index is 0.0137. The lowest BCUT2D eigenvalue weighted by Gasteiger charge is -2.26. The summed E-state index contributed by atoms with van der Waals surface area (Å²) in [5, 5.41) is 5.09. The lowest BCUT2D eigenvalue weighted by molar-refractivity contribution is 0.831. The Kier molecular flexibility index (Phi) is 5.54. The van der Waals surface area contributed by atoms with E-state index in [0.717, 1.165) is 22.4 Å². The number of hydrogen-bond acceptors (Lipinski definition) is 3. The van der Waals surface area contributed by atoms with Crippen LogP contribution < -0.4 is 4.90 Å². The Morgan fingerprint density at radius 2 is 1.47 bits per heavy atom. The van der Waals surface area contributed by atoms with Gasteiger partial charge < -0.3 is 4.90 Å². The first kappa shape index (κ1) is 26.4. The maximum absolute atomic E-state index is 4.88. The first-order valence-corrected chi connectivity index (χ1v) is 16.4. The molecule has 7 aromatic rings. The molecule has 3 nitrogen and oxygen atoms in total. The summed E-state index contributed by atoms with van der Waals surface area (Å²) < 4.78 is 0. The predicted octanol–water partition coefficient (Wildman–Crippen LogP) is 10.5. The summed E-state index contributed by atoms with van der Waals surface area (Å²) in [6.45, 7) is 2.11. The maximum atomic E-state index is 4.88. The van der Waals surface area contributed by atoms with Crippen molar-refractivity contribution < 1.29 is 0 Å². The molecule has 0 bridgehead atoms. The highest BCUT2D eigenvalue weighted by Crippen LogP contribution is 2.71. The molecule has 3 unspecified atom stereocenters. The molecule has 0 amide bonds. The molecule has 3 heteroatoms. The van der Waals surface area contributed by atoms with Gasteiger partial charge in [0.15, 0.2) is 0 Å². The summed E-state index contributed by atoms with van der Waals surface area (Å²) in [6.07, 6.45) is 13.1. The van der Waals surface area contributed by atoms with Gasteiger partial charge in [0, 0.05) is 57.7 Å². The van der Waals surface area contributed by atoms with E-state index in [2.05, 4.69) is 150 Å². The Labute approximate surface area is 274 Å². The van der Waals surface area contributed by atoms with Gasteiger partial charge in [0.2, 0.25) is 0 Å². The van der Waals surface area contributed by atoms with Crippen molar-refractivity contribution in [2.75, 3.05) is 4.90 Å². The molecular weight excluding hydrogens is 571 g/mol. The summed E-state index contributed by atoms with van der Waals surface area (Å²) in [5.41, 5.74) is 12.1. The third kappa shape index (κ3) is 3.86. The Morgan fingerprint density at radius 3 is 2.32 bits per heavy atom. The number of hydrogen-bond donors (Lipinski definition) is 0. The number of anilines is 2. The van der Waals surface area contributed by atoms with Gasteiger partial charge in [0.25, 0.3) is 0 Å². The van der Waals surface area contributed by atoms with Gasteiger partial charge in [-0.2, -0.15) is 0 Å². The van der Waals surface area contributed by atoms with E-state index in [1.54, 1.807) is 0 Å². The molecule has 47 heavy (non-hydrogen) atoms. The van der Waals surface area contributed by atoms with E-state index in [1.807, 2.05) is 24.7 Å². The van der Waals surface area contributed by atoms with E-state index in [-0.39, 0.29) is 5.41 Å². The molecule has 222 valence electrons. The number of aromatic nitrogens is 2. The predicted molar refractivity (Wildman–Crippen MR) is 194 cm³/mol. The van der Waals surface area contributed by atoms with Crippen LogP contribution in [0.15, 0.2) is 158 Å². The lowest BCUT2D eigenvalue weighted by Crippen LogP contribution is -2.19. The van der Waals surface area contributed by atoms with Crippen molar-refractivity contribution in [3.8, 4) is 22.4 Å². The fourth-order valence-corrected chi connectivity index (χ4v) is 8.28. The van der Waals surface area contributed by atoms with Gasteiger partial charge >= 0.3 is 0 Å². The maximum Gasteiger partial charge on any atom is 0.0702 e. The summed E-state index contributed by atoms with van der Waals surface area (Å²) in [7, 11) is 0. The van der Waals surface area contributed by atoms with E-state index in [0.29, 0.717) is 12.0 Å². The van der Waals surface area contributed by atoms with E-state index in [1.165, 1.54) is 55.2 Å². The number of allylic oxidation sites excluding steroid dienone is 2. The molecule has 0 N–H and O–H groups in total. The molecule has 0 radical (unpaired) electrons. The number of rotatable bonds is 4. The highest BCUT2D eigenvalue weighted by molar-refractivity contribution is 6.04. The number of pyridine rings is 2. The highest BCUT2D eigenvalue weighted by atomic mass is 15.3. The fraction of sp³-hybridized carbons (Fsp3) is 0.0909. The summed E-state index contributed by atoms with van der Waals surface area (Å²) in [5.74, 6) is 0.421. The number of benzene rings is 5. The molecule has 3 aliphatic rings. The molecule has 1 spiro atoms. The van der Waals surface area contributed by atoms with Crippen LogP contribution in [0.1, 0.15) is 16.7 Å². The van der Waals surface area contributed by atoms with Crippen molar-refractivity contribution in [1.29, 1.82) is 0 Å². The Hall–Kier alpha value is -5.80. The average molecular weight is 602 g/mol. The molecular formula is C44H31N3. The van der Waals surface area contributed by atoms with Crippen molar-refractivity contribution in [2.45, 2.75) is 18.4 Å². The minimum atomic E-state index is -0.0137. The number of fused-ring (bicyclic) bond motifs is 5. The highest BCUT2D eigenvalue weighted by Gasteiger charge is 2.71. The molecule has 0 saturated heterocycles. The second kappa shape index (κ2) is 9.85. The van der Waals surface area contributed by atoms with Gasteiger partial charge in [0.05, 0.1) is 17.4 Å². The third-order valence-electron chi connectivity index (χ3n) is 10.7. The van der Waals surface area contributed by atoms with Crippen LogP contribution in [0.25, 0.3) is 49.5 Å². The van der Waals surface area contributed by atoms with Crippen LogP contribution in [0.5, 0.6) is 0 Å². The van der Waals surface area contributed by atoms with Crippen LogP contribution in [0.4, 0.5) is 11.4 Å². The summed E-state index contributed by atoms with van der Waals surface area (Å²) in [6, 6.07) is 44.6. The first-order chi connectivity index (χ1) is 23.2. The van der Waals surface area contributed by atoms with E-state index in [4.69, 9.17) is 4.98 Å². The molecule has 1 aliphatic heterocycles. The van der Waals surface area contributed by atoms with Gasteiger partial charge in [-0.3, -0.25) is 9.97 Å². The molecule has 1 saturated carbocycles. The topological polar surface area (TPSA) is 29.0 Å². The molecule has 3 atom stereocenters. The minimum Gasteiger partial charge on any atom is -0.336 e. The molecule has 3 heterocycles. The number of aryl methyl sites for hydroxylation is 1. The molecule has 1 fully saturated rings. The molecule has 10 rings (SSSR count). The molecule has 5 aromatic carbocycles. The average Bonchev–Trinajstić information content (AvgIpc) is 3.70. The lowest BCUT2D eigenvalue weighted by atomic mass is 9.85. The van der Waals surface area contributed by atoms with Crippen molar-refractivity contribution in [2.24, 2.45) is 5.92 Å². The standard InChI is InChI=1S/C44H31N3/c1-28-20-22-45-27-38(28)35-15-18-41(46-26-35)34-13-16-37-33(24-34)14-17-39-42(37)47(36-9-3-2-4-10-36)43-40-25-32(19-21-44(39,40)43)31-12-11-29-7-5-6-8-30(29)23-31/h2-27,40,43H,1H3. The third-order valence-corrected chi connectivity index (χ3v) is 10.7. The van der Waals surface area contributed by atoms with Crippen LogP contribution >= 0.6 is 0 Å². The van der Waals surface area contributed by atoms with Crippen molar-refractivity contribution in [1.82, 2.24) is 9.97 Å². The quantitative estimate of drug-likeness (QED) is 0.201. The second-order valence-electron chi connectivity index (χ2n) is 13.1. The van der Waals surface area contributed by atoms with Crippen LogP contribution in [-0.4, -0.2) is 16.0 Å². The SMILES string of the molecule is Cc1ccncc1-c1ccc(-c2ccc3c4c(ccc3c2)C23C=CC(c5ccc6ccccc6c5)=CC2C3N4c2ccccc2)nc1. The largest absolute Gasteiger partial charge is 0.336 e. The fourth-order valence-electron chi connectivity index (χ4n) is 8.28. The smallest absolute Gasteiger partial charge is 0.0702 e. The molecule has 2 aromatic heterocycles. The summed E-state index contributed by atoms with van der Waals surface area (Å²) >= 11 is 0. The van der Waals surface area contributed by atoms with E-state index < -0.39 is 0 Å². The zero-order valence-electron chi connectivity index (χ0n) is 26.0. The van der Waals surface area contributed by atoms with Gasteiger partial charge in [-0.1, -0.05) is 103 Å². The molecule has 2 aliphatic carbocycles. The number of para-hydroxylation sites is 1. The number of nitrogens with zero attached hydrogens (tertiary/aromatic N) is 3. The van der Waals surface area contributed by atoms with Gasteiger partial charge in [-0.05, 0) is 81.7 Å².